The van der Waals surface area contributed by atoms with Crippen LogP contribution in [0.4, 0.5) is 0 Å². The van der Waals surface area contributed by atoms with E-state index >= 15 is 0 Å². The molecule has 1 fully saturated rings. The molecule has 1 aromatic rings. The molecule has 0 bridgehead atoms. The first-order valence-corrected chi connectivity index (χ1v) is 7.81. The van der Waals surface area contributed by atoms with Crippen molar-refractivity contribution in [3.63, 3.8) is 0 Å². The minimum Gasteiger partial charge on any atom is -0.506 e. The number of phenolic OH excluding ortho intramolecular Hbond substituents is 1. The van der Waals surface area contributed by atoms with E-state index in [9.17, 15) is 5.11 Å². The van der Waals surface area contributed by atoms with Crippen LogP contribution in [0.5, 0.6) is 5.75 Å². The molecule has 1 aliphatic heterocycles. The maximum atomic E-state index is 10.3. The predicted molar refractivity (Wildman–Crippen MR) is 82.4 cm³/mol. The van der Waals surface area contributed by atoms with Crippen LogP contribution < -0.4 is 5.32 Å². The third-order valence-electron chi connectivity index (χ3n) is 3.66. The van der Waals surface area contributed by atoms with E-state index in [0.29, 0.717) is 17.7 Å². The molecule has 1 heterocycles. The fourth-order valence-electron chi connectivity index (χ4n) is 2.71. The van der Waals surface area contributed by atoms with Gasteiger partial charge in [-0.05, 0) is 34.3 Å². The molecule has 0 saturated carbocycles. The van der Waals surface area contributed by atoms with Crippen molar-refractivity contribution in [3.05, 3.63) is 28.2 Å². The number of nitrogens with zero attached hydrogens (tertiary/aromatic N) is 1. The molecule has 4 heteroatoms. The lowest BCUT2D eigenvalue weighted by Gasteiger charge is -2.36. The summed E-state index contributed by atoms with van der Waals surface area (Å²) >= 11 is 3.42. The van der Waals surface area contributed by atoms with Crippen molar-refractivity contribution in [2.45, 2.75) is 26.3 Å². The van der Waals surface area contributed by atoms with Gasteiger partial charge in [0.25, 0.3) is 0 Å². The molecule has 0 aromatic heterocycles. The van der Waals surface area contributed by atoms with Gasteiger partial charge in [0.2, 0.25) is 0 Å². The van der Waals surface area contributed by atoms with Gasteiger partial charge < -0.3 is 10.4 Å². The second kappa shape index (κ2) is 6.73. The van der Waals surface area contributed by atoms with Crippen molar-refractivity contribution in [1.29, 1.82) is 0 Å². The summed E-state index contributed by atoms with van der Waals surface area (Å²) in [5.41, 5.74) is 1.05. The standard InChI is InChI=1S/C15H23BrN2O/c1-11(2)10-14(18-8-6-17-7-9-18)12-4-3-5-13(16)15(12)19/h3-5,11,14,17,19H,6-10H2,1-2H3/t14-/m0/s1. The Bertz CT molecular complexity index is 417. The average molecular weight is 327 g/mol. The zero-order valence-electron chi connectivity index (χ0n) is 11.7. The van der Waals surface area contributed by atoms with E-state index in [1.54, 1.807) is 0 Å². The smallest absolute Gasteiger partial charge is 0.134 e. The normalized spacial score (nSPS) is 18.7. The summed E-state index contributed by atoms with van der Waals surface area (Å²) < 4.78 is 0.786. The number of halogens is 1. The Kier molecular flexibility index (Phi) is 5.25. The van der Waals surface area contributed by atoms with Crippen LogP contribution in [0.1, 0.15) is 31.9 Å². The summed E-state index contributed by atoms with van der Waals surface area (Å²) in [6.45, 7) is 8.63. The highest BCUT2D eigenvalue weighted by Crippen LogP contribution is 2.37. The van der Waals surface area contributed by atoms with Crippen LogP contribution in [0, 0.1) is 5.92 Å². The molecule has 1 saturated heterocycles. The van der Waals surface area contributed by atoms with Gasteiger partial charge in [-0.3, -0.25) is 4.90 Å². The Morgan fingerprint density at radius 3 is 2.63 bits per heavy atom. The van der Waals surface area contributed by atoms with Crippen LogP contribution >= 0.6 is 15.9 Å². The second-order valence-corrected chi connectivity index (χ2v) is 6.46. The summed E-state index contributed by atoms with van der Waals surface area (Å²) in [5, 5.41) is 13.7. The number of aromatic hydroxyl groups is 1. The van der Waals surface area contributed by atoms with E-state index in [4.69, 9.17) is 0 Å². The Morgan fingerprint density at radius 1 is 1.32 bits per heavy atom. The fraction of sp³-hybridized carbons (Fsp3) is 0.600. The fourth-order valence-corrected chi connectivity index (χ4v) is 3.10. The quantitative estimate of drug-likeness (QED) is 0.892. The number of phenols is 1. The molecule has 0 radical (unpaired) electrons. The number of hydrogen-bond acceptors (Lipinski definition) is 3. The Morgan fingerprint density at radius 2 is 2.00 bits per heavy atom. The third kappa shape index (κ3) is 3.71. The Balaban J connectivity index is 2.27. The molecular weight excluding hydrogens is 304 g/mol. The van der Waals surface area contributed by atoms with Gasteiger partial charge in [-0.2, -0.15) is 0 Å². The first-order chi connectivity index (χ1) is 9.09. The third-order valence-corrected chi connectivity index (χ3v) is 4.30. The number of benzene rings is 1. The lowest BCUT2D eigenvalue weighted by Crippen LogP contribution is -2.45. The Hall–Kier alpha value is -0.580. The van der Waals surface area contributed by atoms with E-state index in [-0.39, 0.29) is 0 Å². The van der Waals surface area contributed by atoms with Crippen molar-refractivity contribution in [1.82, 2.24) is 10.2 Å². The van der Waals surface area contributed by atoms with Gasteiger partial charge in [0, 0.05) is 37.8 Å². The maximum absolute atomic E-state index is 10.3. The maximum Gasteiger partial charge on any atom is 0.134 e. The summed E-state index contributed by atoms with van der Waals surface area (Å²) in [6.07, 6.45) is 1.07. The van der Waals surface area contributed by atoms with Gasteiger partial charge in [-0.25, -0.2) is 0 Å². The van der Waals surface area contributed by atoms with E-state index in [1.807, 2.05) is 12.1 Å². The summed E-state index contributed by atoms with van der Waals surface area (Å²) in [4.78, 5) is 2.48. The zero-order valence-corrected chi connectivity index (χ0v) is 13.3. The zero-order chi connectivity index (χ0) is 13.8. The number of rotatable bonds is 4. The highest BCUT2D eigenvalue weighted by atomic mass is 79.9. The predicted octanol–water partition coefficient (Wildman–Crippen LogP) is 3.15. The number of piperazine rings is 1. The van der Waals surface area contributed by atoms with Crippen LogP contribution in [-0.2, 0) is 0 Å². The van der Waals surface area contributed by atoms with Crippen molar-refractivity contribution >= 4 is 15.9 Å². The molecule has 1 aliphatic rings. The van der Waals surface area contributed by atoms with E-state index < -0.39 is 0 Å². The van der Waals surface area contributed by atoms with Crippen LogP contribution in [0.25, 0.3) is 0 Å². The van der Waals surface area contributed by atoms with Crippen molar-refractivity contribution < 1.29 is 5.11 Å². The van der Waals surface area contributed by atoms with Crippen molar-refractivity contribution in [2.24, 2.45) is 5.92 Å². The summed E-state index contributed by atoms with van der Waals surface area (Å²) in [7, 11) is 0. The number of hydrogen-bond donors (Lipinski definition) is 2. The van der Waals surface area contributed by atoms with Gasteiger partial charge in [-0.1, -0.05) is 26.0 Å². The van der Waals surface area contributed by atoms with Gasteiger partial charge in [0.05, 0.1) is 4.47 Å². The van der Waals surface area contributed by atoms with E-state index in [0.717, 1.165) is 42.6 Å². The molecule has 2 rings (SSSR count). The second-order valence-electron chi connectivity index (χ2n) is 5.61. The molecule has 0 amide bonds. The van der Waals surface area contributed by atoms with Crippen LogP contribution in [0.2, 0.25) is 0 Å². The topological polar surface area (TPSA) is 35.5 Å². The molecule has 3 nitrogen and oxygen atoms in total. The summed E-state index contributed by atoms with van der Waals surface area (Å²) in [5.74, 6) is 1.00. The molecule has 106 valence electrons. The largest absolute Gasteiger partial charge is 0.506 e. The lowest BCUT2D eigenvalue weighted by atomic mass is 9.94. The molecule has 1 atom stereocenters. The number of nitrogens with one attached hydrogen (secondary N) is 1. The van der Waals surface area contributed by atoms with Gasteiger partial charge in [0.15, 0.2) is 0 Å². The molecule has 1 aromatic carbocycles. The number of para-hydroxylation sites is 1. The van der Waals surface area contributed by atoms with Crippen LogP contribution in [-0.4, -0.2) is 36.2 Å². The first-order valence-electron chi connectivity index (χ1n) is 7.01. The molecule has 2 N–H and O–H groups in total. The van der Waals surface area contributed by atoms with E-state index in [2.05, 4.69) is 46.1 Å². The first kappa shape index (κ1) is 14.8. The van der Waals surface area contributed by atoms with Gasteiger partial charge in [0.1, 0.15) is 5.75 Å². The SMILES string of the molecule is CC(C)C[C@@H](c1cccc(Br)c1O)N1CCNCC1. The Labute approximate surface area is 124 Å². The van der Waals surface area contributed by atoms with Gasteiger partial charge in [-0.15, -0.1) is 0 Å². The molecule has 19 heavy (non-hydrogen) atoms. The molecule has 0 aliphatic carbocycles. The van der Waals surface area contributed by atoms with Crippen LogP contribution in [0.3, 0.4) is 0 Å². The van der Waals surface area contributed by atoms with E-state index in [1.165, 1.54) is 0 Å². The monoisotopic (exact) mass is 326 g/mol. The van der Waals surface area contributed by atoms with Gasteiger partial charge >= 0.3 is 0 Å². The van der Waals surface area contributed by atoms with Crippen molar-refractivity contribution in [2.75, 3.05) is 26.2 Å². The lowest BCUT2D eigenvalue weighted by molar-refractivity contribution is 0.151. The summed E-state index contributed by atoms with van der Waals surface area (Å²) in [6, 6.07) is 6.26. The highest BCUT2D eigenvalue weighted by molar-refractivity contribution is 9.10. The average Bonchev–Trinajstić information content (AvgIpc) is 2.40. The van der Waals surface area contributed by atoms with Crippen molar-refractivity contribution in [3.8, 4) is 5.75 Å². The molecule has 0 spiro atoms. The molecule has 0 unspecified atom stereocenters. The highest BCUT2D eigenvalue weighted by Gasteiger charge is 2.25. The molecular formula is C15H23BrN2O. The van der Waals surface area contributed by atoms with Crippen LogP contribution in [0.15, 0.2) is 22.7 Å². The minimum atomic E-state index is 0.305. The minimum absolute atomic E-state index is 0.305.